The van der Waals surface area contributed by atoms with Crippen LogP contribution in [0.3, 0.4) is 0 Å². The second-order valence-corrected chi connectivity index (χ2v) is 5.14. The molecule has 1 aromatic heterocycles. The zero-order chi connectivity index (χ0) is 12.3. The predicted molar refractivity (Wildman–Crippen MR) is 76.4 cm³/mol. The molecule has 2 rings (SSSR count). The van der Waals surface area contributed by atoms with Gasteiger partial charge in [0.1, 0.15) is 5.15 Å². The van der Waals surface area contributed by atoms with Crippen LogP contribution in [0.25, 0.3) is 0 Å². The van der Waals surface area contributed by atoms with Crippen LogP contribution in [0.1, 0.15) is 31.2 Å². The van der Waals surface area contributed by atoms with Crippen molar-refractivity contribution in [1.29, 1.82) is 0 Å². The Morgan fingerprint density at radius 1 is 1.28 bits per heavy atom. The standard InChI is InChI=1S/C11H16Cl2N4.ClH/c12-10-7(6-16-11(13)17-10)5-15-9-3-1-8(14)2-4-9;/h6,8-9,15H,1-5,14H2;1H. The highest BCUT2D eigenvalue weighted by Gasteiger charge is 2.18. The SMILES string of the molecule is Cl.NC1CCC(NCc2cnc(Cl)nc2Cl)CC1. The maximum Gasteiger partial charge on any atom is 0.223 e. The van der Waals surface area contributed by atoms with Crippen LogP contribution >= 0.6 is 35.6 Å². The average Bonchev–Trinajstić information content (AvgIpc) is 2.30. The number of hydrogen-bond acceptors (Lipinski definition) is 4. The van der Waals surface area contributed by atoms with Crippen LogP contribution in [0.4, 0.5) is 0 Å². The Morgan fingerprint density at radius 2 is 1.94 bits per heavy atom. The van der Waals surface area contributed by atoms with Gasteiger partial charge in [-0.05, 0) is 37.3 Å². The Kier molecular flexibility index (Phi) is 6.60. The third-order valence-corrected chi connectivity index (χ3v) is 3.64. The minimum absolute atomic E-state index is 0. The third kappa shape index (κ3) is 4.52. The summed E-state index contributed by atoms with van der Waals surface area (Å²) in [5.41, 5.74) is 6.74. The molecule has 4 nitrogen and oxygen atoms in total. The number of nitrogens with one attached hydrogen (secondary N) is 1. The van der Waals surface area contributed by atoms with E-state index in [1.54, 1.807) is 6.20 Å². The van der Waals surface area contributed by atoms with Crippen LogP contribution < -0.4 is 11.1 Å². The summed E-state index contributed by atoms with van der Waals surface area (Å²) in [7, 11) is 0. The highest BCUT2D eigenvalue weighted by Crippen LogP contribution is 2.19. The van der Waals surface area contributed by atoms with Crippen LogP contribution in [0.5, 0.6) is 0 Å². The van der Waals surface area contributed by atoms with Crippen LogP contribution in [0.2, 0.25) is 10.4 Å². The molecular weight excluding hydrogens is 295 g/mol. The van der Waals surface area contributed by atoms with E-state index in [4.69, 9.17) is 28.9 Å². The summed E-state index contributed by atoms with van der Waals surface area (Å²) in [6.07, 6.45) is 6.07. The van der Waals surface area contributed by atoms with Crippen molar-refractivity contribution in [3.05, 3.63) is 22.2 Å². The maximum absolute atomic E-state index is 5.97. The quantitative estimate of drug-likeness (QED) is 0.665. The van der Waals surface area contributed by atoms with Crippen molar-refractivity contribution >= 4 is 35.6 Å². The van der Waals surface area contributed by atoms with E-state index in [0.29, 0.717) is 23.8 Å². The van der Waals surface area contributed by atoms with Crippen molar-refractivity contribution in [3.8, 4) is 0 Å². The summed E-state index contributed by atoms with van der Waals surface area (Å²) >= 11 is 11.6. The van der Waals surface area contributed by atoms with E-state index in [9.17, 15) is 0 Å². The van der Waals surface area contributed by atoms with Gasteiger partial charge in [-0.25, -0.2) is 9.97 Å². The molecule has 1 fully saturated rings. The van der Waals surface area contributed by atoms with Crippen molar-refractivity contribution in [2.24, 2.45) is 5.73 Å². The molecule has 0 unspecified atom stereocenters. The number of aromatic nitrogens is 2. The lowest BCUT2D eigenvalue weighted by molar-refractivity contribution is 0.341. The van der Waals surface area contributed by atoms with Gasteiger partial charge in [-0.3, -0.25) is 0 Å². The zero-order valence-corrected chi connectivity index (χ0v) is 12.2. The van der Waals surface area contributed by atoms with Crippen molar-refractivity contribution in [2.75, 3.05) is 0 Å². The van der Waals surface area contributed by atoms with Crippen molar-refractivity contribution in [3.63, 3.8) is 0 Å². The first-order chi connectivity index (χ1) is 8.15. The fourth-order valence-electron chi connectivity index (χ4n) is 2.06. The maximum atomic E-state index is 5.97. The van der Waals surface area contributed by atoms with Gasteiger partial charge < -0.3 is 11.1 Å². The normalized spacial score (nSPS) is 23.5. The number of halogens is 3. The van der Waals surface area contributed by atoms with E-state index >= 15 is 0 Å². The first kappa shape index (κ1) is 15.9. The van der Waals surface area contributed by atoms with E-state index in [0.717, 1.165) is 31.2 Å². The summed E-state index contributed by atoms with van der Waals surface area (Å²) in [6.45, 7) is 0.676. The predicted octanol–water partition coefficient (Wildman–Crippen LogP) is 2.56. The Hall–Kier alpha value is -0.130. The van der Waals surface area contributed by atoms with Gasteiger partial charge >= 0.3 is 0 Å². The second kappa shape index (κ2) is 7.46. The number of nitrogens with zero attached hydrogens (tertiary/aromatic N) is 2. The number of hydrogen-bond donors (Lipinski definition) is 2. The second-order valence-electron chi connectivity index (χ2n) is 4.45. The molecule has 1 aromatic rings. The number of rotatable bonds is 3. The lowest BCUT2D eigenvalue weighted by Crippen LogP contribution is -2.37. The van der Waals surface area contributed by atoms with Gasteiger partial charge in [0.2, 0.25) is 5.28 Å². The largest absolute Gasteiger partial charge is 0.328 e. The highest BCUT2D eigenvalue weighted by molar-refractivity contribution is 6.32. The smallest absolute Gasteiger partial charge is 0.223 e. The summed E-state index contributed by atoms with van der Waals surface area (Å²) in [6, 6.07) is 0.886. The molecule has 0 aliphatic heterocycles. The molecule has 1 saturated carbocycles. The molecule has 7 heteroatoms. The lowest BCUT2D eigenvalue weighted by Gasteiger charge is -2.26. The molecule has 3 N–H and O–H groups in total. The van der Waals surface area contributed by atoms with Gasteiger partial charge in [-0.15, -0.1) is 12.4 Å². The van der Waals surface area contributed by atoms with E-state index in [2.05, 4.69) is 15.3 Å². The molecule has 0 radical (unpaired) electrons. The van der Waals surface area contributed by atoms with Crippen molar-refractivity contribution in [2.45, 2.75) is 44.3 Å². The molecule has 0 amide bonds. The Morgan fingerprint density at radius 3 is 2.56 bits per heavy atom. The van der Waals surface area contributed by atoms with E-state index < -0.39 is 0 Å². The molecular formula is C11H17Cl3N4. The topological polar surface area (TPSA) is 63.8 Å². The number of nitrogens with two attached hydrogens (primary N) is 1. The summed E-state index contributed by atoms with van der Waals surface area (Å²) in [5.74, 6) is 0. The van der Waals surface area contributed by atoms with Gasteiger partial charge in [-0.1, -0.05) is 11.6 Å². The van der Waals surface area contributed by atoms with Gasteiger partial charge in [0.25, 0.3) is 0 Å². The van der Waals surface area contributed by atoms with E-state index in [-0.39, 0.29) is 17.7 Å². The molecule has 0 saturated heterocycles. The van der Waals surface area contributed by atoms with Gasteiger partial charge in [0.05, 0.1) is 0 Å². The third-order valence-electron chi connectivity index (χ3n) is 3.14. The molecule has 0 aromatic carbocycles. The Balaban J connectivity index is 0.00000162. The van der Waals surface area contributed by atoms with Crippen molar-refractivity contribution < 1.29 is 0 Å². The Labute approximate surface area is 123 Å². The molecule has 1 heterocycles. The van der Waals surface area contributed by atoms with Crippen LogP contribution in [-0.4, -0.2) is 22.1 Å². The van der Waals surface area contributed by atoms with E-state index in [1.807, 2.05) is 0 Å². The van der Waals surface area contributed by atoms with Gasteiger partial charge in [0, 0.05) is 30.4 Å². The monoisotopic (exact) mass is 310 g/mol. The summed E-state index contributed by atoms with van der Waals surface area (Å²) in [5, 5.41) is 4.06. The molecule has 1 aliphatic carbocycles. The van der Waals surface area contributed by atoms with Crippen LogP contribution in [0.15, 0.2) is 6.20 Å². The first-order valence-corrected chi connectivity index (χ1v) is 6.56. The average molecular weight is 312 g/mol. The molecule has 18 heavy (non-hydrogen) atoms. The molecule has 1 aliphatic rings. The van der Waals surface area contributed by atoms with Crippen molar-refractivity contribution in [1.82, 2.24) is 15.3 Å². The fraction of sp³-hybridized carbons (Fsp3) is 0.636. The molecule has 0 bridgehead atoms. The van der Waals surface area contributed by atoms with Crippen LogP contribution in [0, 0.1) is 0 Å². The fourth-order valence-corrected chi connectivity index (χ4v) is 2.43. The molecule has 102 valence electrons. The molecule has 0 atom stereocenters. The Bertz CT molecular complexity index is 381. The first-order valence-electron chi connectivity index (χ1n) is 5.81. The zero-order valence-electron chi connectivity index (χ0n) is 9.90. The van der Waals surface area contributed by atoms with Gasteiger partial charge in [-0.2, -0.15) is 0 Å². The lowest BCUT2D eigenvalue weighted by atomic mass is 9.92. The summed E-state index contributed by atoms with van der Waals surface area (Å²) < 4.78 is 0. The minimum atomic E-state index is 0. The molecule has 0 spiro atoms. The summed E-state index contributed by atoms with van der Waals surface area (Å²) in [4.78, 5) is 7.83. The van der Waals surface area contributed by atoms with E-state index in [1.165, 1.54) is 0 Å². The van der Waals surface area contributed by atoms with Gasteiger partial charge in [0.15, 0.2) is 0 Å². The van der Waals surface area contributed by atoms with Crippen LogP contribution in [-0.2, 0) is 6.54 Å². The minimum Gasteiger partial charge on any atom is -0.328 e. The highest BCUT2D eigenvalue weighted by atomic mass is 35.5.